The number of hydrogen-bond donors (Lipinski definition) is 0. The van der Waals surface area contributed by atoms with E-state index in [0.717, 1.165) is 49.0 Å². The smallest absolute Gasteiger partial charge is 0.343 e. The minimum Gasteiger partial charge on any atom is -0.423 e. The zero-order valence-electron chi connectivity index (χ0n) is 26.7. The topological polar surface area (TPSA) is 35.5 Å². The number of carbonyl (C=O) groups is 1. The van der Waals surface area contributed by atoms with Gasteiger partial charge in [0.15, 0.2) is 0 Å². The van der Waals surface area contributed by atoms with Crippen LogP contribution in [0, 0.1) is 0 Å². The molecule has 0 N–H and O–H groups in total. The van der Waals surface area contributed by atoms with Gasteiger partial charge in [-0.05, 0) is 72.6 Å². The second-order valence-electron chi connectivity index (χ2n) is 11.7. The Morgan fingerprint density at radius 3 is 1.90 bits per heavy atom. The molecule has 2 unspecified atom stereocenters. The number of benzene rings is 3. The Morgan fingerprint density at radius 2 is 1.24 bits per heavy atom. The van der Waals surface area contributed by atoms with Crippen molar-refractivity contribution >= 4 is 5.97 Å². The molecule has 0 bridgehead atoms. The quantitative estimate of drug-likeness (QED) is 0.0770. The number of para-hydroxylation sites is 1. The van der Waals surface area contributed by atoms with Gasteiger partial charge in [0.1, 0.15) is 5.75 Å². The zero-order valence-corrected chi connectivity index (χ0v) is 26.7. The van der Waals surface area contributed by atoms with Crippen molar-refractivity contribution in [2.45, 2.75) is 123 Å². The van der Waals surface area contributed by atoms with Gasteiger partial charge in [-0.25, -0.2) is 4.79 Å². The molecule has 0 radical (unpaired) electrons. The van der Waals surface area contributed by atoms with Crippen LogP contribution in [0.3, 0.4) is 0 Å². The molecular formula is C39H54O3. The van der Waals surface area contributed by atoms with Crippen LogP contribution in [0.15, 0.2) is 72.8 Å². The van der Waals surface area contributed by atoms with Gasteiger partial charge in [0.25, 0.3) is 0 Å². The van der Waals surface area contributed by atoms with Crippen molar-refractivity contribution in [1.82, 2.24) is 0 Å². The first-order valence-electron chi connectivity index (χ1n) is 16.7. The van der Waals surface area contributed by atoms with Crippen LogP contribution < -0.4 is 4.74 Å². The lowest BCUT2D eigenvalue weighted by Gasteiger charge is -2.20. The lowest BCUT2D eigenvalue weighted by Crippen LogP contribution is -2.11. The predicted octanol–water partition coefficient (Wildman–Crippen LogP) is 11.9. The fourth-order valence-electron chi connectivity index (χ4n) is 5.67. The molecule has 3 nitrogen and oxygen atoms in total. The number of rotatable bonds is 20. The molecule has 0 heterocycles. The summed E-state index contributed by atoms with van der Waals surface area (Å²) < 4.78 is 12.0. The summed E-state index contributed by atoms with van der Waals surface area (Å²) in [5.41, 5.74) is 5.12. The van der Waals surface area contributed by atoms with Crippen LogP contribution in [0.25, 0.3) is 11.1 Å². The monoisotopic (exact) mass is 570 g/mol. The Balaban J connectivity index is 1.59. The van der Waals surface area contributed by atoms with Gasteiger partial charge in [-0.2, -0.15) is 0 Å². The van der Waals surface area contributed by atoms with Crippen LogP contribution >= 0.6 is 0 Å². The fourth-order valence-corrected chi connectivity index (χ4v) is 5.67. The third-order valence-corrected chi connectivity index (χ3v) is 8.30. The SMILES string of the molecule is CCCCCCCCC(CCC)c1ccccc1OC(=O)c1ccc(-c2ccc(C(C)OCCCCCC)cc2)cc1. The molecule has 42 heavy (non-hydrogen) atoms. The van der Waals surface area contributed by atoms with Crippen molar-refractivity contribution in [2.24, 2.45) is 0 Å². The molecule has 0 spiro atoms. The van der Waals surface area contributed by atoms with Gasteiger partial charge >= 0.3 is 5.97 Å². The zero-order chi connectivity index (χ0) is 30.0. The number of hydrogen-bond acceptors (Lipinski definition) is 3. The van der Waals surface area contributed by atoms with E-state index in [-0.39, 0.29) is 12.1 Å². The maximum Gasteiger partial charge on any atom is 0.343 e. The van der Waals surface area contributed by atoms with Gasteiger partial charge in [-0.15, -0.1) is 0 Å². The summed E-state index contributed by atoms with van der Waals surface area (Å²) in [7, 11) is 0. The van der Waals surface area contributed by atoms with Crippen LogP contribution in [-0.2, 0) is 4.74 Å². The molecule has 0 aromatic heterocycles. The first-order valence-corrected chi connectivity index (χ1v) is 16.7. The average Bonchev–Trinajstić information content (AvgIpc) is 3.02. The van der Waals surface area contributed by atoms with Crippen molar-refractivity contribution in [3.63, 3.8) is 0 Å². The van der Waals surface area contributed by atoms with E-state index in [1.165, 1.54) is 63.4 Å². The average molecular weight is 571 g/mol. The van der Waals surface area contributed by atoms with Crippen molar-refractivity contribution in [2.75, 3.05) is 6.61 Å². The van der Waals surface area contributed by atoms with Crippen molar-refractivity contribution in [3.05, 3.63) is 89.5 Å². The normalized spacial score (nSPS) is 12.7. The van der Waals surface area contributed by atoms with Crippen molar-refractivity contribution in [1.29, 1.82) is 0 Å². The highest BCUT2D eigenvalue weighted by Gasteiger charge is 2.18. The Kier molecular flexibility index (Phi) is 15.4. The second kappa shape index (κ2) is 19.3. The first kappa shape index (κ1) is 33.6. The van der Waals surface area contributed by atoms with E-state index in [2.05, 4.69) is 64.1 Å². The third-order valence-electron chi connectivity index (χ3n) is 8.30. The summed E-state index contributed by atoms with van der Waals surface area (Å²) in [6, 6.07) is 24.4. The standard InChI is InChI=1S/C39H54O3/c1-5-8-10-12-13-14-19-35(18-7-3)37-20-15-16-21-38(37)42-39(40)36-28-26-34(27-29-36)33-24-22-32(23-25-33)31(4)41-30-17-11-9-6-2/h15-16,20-29,31,35H,5-14,17-19,30H2,1-4H3. The van der Waals surface area contributed by atoms with E-state index < -0.39 is 0 Å². The summed E-state index contributed by atoms with van der Waals surface area (Å²) in [6.45, 7) is 9.65. The largest absolute Gasteiger partial charge is 0.423 e. The van der Waals surface area contributed by atoms with Gasteiger partial charge in [0.2, 0.25) is 0 Å². The molecule has 3 aromatic rings. The summed E-state index contributed by atoms with van der Waals surface area (Å²) >= 11 is 0. The maximum absolute atomic E-state index is 13.2. The molecule has 3 heteroatoms. The minimum atomic E-state index is -0.302. The molecule has 0 amide bonds. The molecule has 0 aliphatic rings. The number of esters is 1. The highest BCUT2D eigenvalue weighted by molar-refractivity contribution is 5.91. The van der Waals surface area contributed by atoms with Crippen LogP contribution in [0.1, 0.15) is 145 Å². The van der Waals surface area contributed by atoms with Crippen molar-refractivity contribution in [3.8, 4) is 16.9 Å². The molecule has 3 rings (SSSR count). The second-order valence-corrected chi connectivity index (χ2v) is 11.7. The van der Waals surface area contributed by atoms with E-state index in [1.807, 2.05) is 36.4 Å². The highest BCUT2D eigenvalue weighted by Crippen LogP contribution is 2.34. The Morgan fingerprint density at radius 1 is 0.643 bits per heavy atom. The maximum atomic E-state index is 13.2. The lowest BCUT2D eigenvalue weighted by atomic mass is 9.88. The molecule has 0 aliphatic heterocycles. The Hall–Kier alpha value is -2.91. The van der Waals surface area contributed by atoms with Gasteiger partial charge in [-0.1, -0.05) is 140 Å². The first-order chi connectivity index (χ1) is 20.6. The van der Waals surface area contributed by atoms with Crippen LogP contribution in [-0.4, -0.2) is 12.6 Å². The van der Waals surface area contributed by atoms with E-state index >= 15 is 0 Å². The third kappa shape index (κ3) is 11.1. The van der Waals surface area contributed by atoms with E-state index in [9.17, 15) is 4.79 Å². The fraction of sp³-hybridized carbons (Fsp3) is 0.513. The van der Waals surface area contributed by atoms with Crippen molar-refractivity contribution < 1.29 is 14.3 Å². The molecule has 2 atom stereocenters. The van der Waals surface area contributed by atoms with E-state index in [0.29, 0.717) is 17.2 Å². The molecular weight excluding hydrogens is 516 g/mol. The number of unbranched alkanes of at least 4 members (excludes halogenated alkanes) is 8. The molecule has 3 aromatic carbocycles. The lowest BCUT2D eigenvalue weighted by molar-refractivity contribution is 0.0628. The van der Waals surface area contributed by atoms with Gasteiger partial charge in [0, 0.05) is 6.61 Å². The number of ether oxygens (including phenoxy) is 2. The van der Waals surface area contributed by atoms with Gasteiger partial charge < -0.3 is 9.47 Å². The summed E-state index contributed by atoms with van der Waals surface area (Å²) in [5, 5.41) is 0. The van der Waals surface area contributed by atoms with E-state index in [4.69, 9.17) is 9.47 Å². The molecule has 0 saturated carbocycles. The summed E-state index contributed by atoms with van der Waals surface area (Å²) in [6.07, 6.45) is 16.1. The van der Waals surface area contributed by atoms with Crippen LogP contribution in [0.2, 0.25) is 0 Å². The van der Waals surface area contributed by atoms with Gasteiger partial charge in [-0.3, -0.25) is 0 Å². The van der Waals surface area contributed by atoms with Crippen LogP contribution in [0.5, 0.6) is 5.75 Å². The molecule has 0 saturated heterocycles. The Labute approximate surface area is 256 Å². The number of carbonyl (C=O) groups excluding carboxylic acids is 1. The van der Waals surface area contributed by atoms with E-state index in [1.54, 1.807) is 0 Å². The summed E-state index contributed by atoms with van der Waals surface area (Å²) in [5.74, 6) is 0.821. The van der Waals surface area contributed by atoms with Crippen LogP contribution in [0.4, 0.5) is 0 Å². The van der Waals surface area contributed by atoms with Gasteiger partial charge in [0.05, 0.1) is 11.7 Å². The minimum absolute atomic E-state index is 0.0865. The highest BCUT2D eigenvalue weighted by atomic mass is 16.5. The molecule has 0 aliphatic carbocycles. The molecule has 0 fully saturated rings. The summed E-state index contributed by atoms with van der Waals surface area (Å²) in [4.78, 5) is 13.2. The Bertz CT molecular complexity index is 1150. The predicted molar refractivity (Wildman–Crippen MR) is 177 cm³/mol. The molecule has 228 valence electrons.